The van der Waals surface area contributed by atoms with Crippen LogP contribution >= 0.6 is 15.9 Å². The van der Waals surface area contributed by atoms with Crippen LogP contribution in [0.5, 0.6) is 0 Å². The quantitative estimate of drug-likeness (QED) is 0.881. The minimum Gasteiger partial charge on any atom is -0.309 e. The van der Waals surface area contributed by atoms with E-state index >= 15 is 0 Å². The van der Waals surface area contributed by atoms with E-state index in [4.69, 9.17) is 0 Å². The summed E-state index contributed by atoms with van der Waals surface area (Å²) in [5, 5.41) is 3.67. The molecule has 0 saturated carbocycles. The fourth-order valence-electron chi connectivity index (χ4n) is 2.77. The molecule has 1 aromatic rings. The molecule has 106 valence electrons. The molecule has 0 spiro atoms. The van der Waals surface area contributed by atoms with Crippen molar-refractivity contribution in [1.82, 2.24) is 10.2 Å². The monoisotopic (exact) mass is 324 g/mol. The molecule has 3 heteroatoms. The second-order valence-corrected chi connectivity index (χ2v) is 6.45. The molecule has 1 aliphatic heterocycles. The van der Waals surface area contributed by atoms with Crippen LogP contribution in [0.2, 0.25) is 0 Å². The smallest absolute Gasteiger partial charge is 0.0303 e. The van der Waals surface area contributed by atoms with Gasteiger partial charge in [0, 0.05) is 23.1 Å². The number of likely N-dealkylation sites (tertiary alicyclic amines) is 1. The van der Waals surface area contributed by atoms with Crippen molar-refractivity contribution in [2.24, 2.45) is 0 Å². The molecule has 2 rings (SSSR count). The summed E-state index contributed by atoms with van der Waals surface area (Å²) in [5.74, 6) is 0. The Kier molecular flexibility index (Phi) is 5.86. The van der Waals surface area contributed by atoms with Crippen LogP contribution in [-0.2, 0) is 0 Å². The van der Waals surface area contributed by atoms with Gasteiger partial charge in [-0.15, -0.1) is 0 Å². The zero-order chi connectivity index (χ0) is 13.7. The Bertz CT molecular complexity index is 388. The maximum Gasteiger partial charge on any atom is 0.0303 e. The minimum absolute atomic E-state index is 0.391. The van der Waals surface area contributed by atoms with Crippen molar-refractivity contribution in [3.8, 4) is 0 Å². The first-order chi connectivity index (χ1) is 9.18. The van der Waals surface area contributed by atoms with Crippen molar-refractivity contribution >= 4 is 15.9 Å². The Morgan fingerprint density at radius 2 is 1.84 bits per heavy atom. The molecule has 1 aliphatic rings. The number of piperidine rings is 1. The summed E-state index contributed by atoms with van der Waals surface area (Å²) in [6.45, 7) is 8.18. The second-order valence-electron chi connectivity index (χ2n) is 5.60. The first-order valence-electron chi connectivity index (χ1n) is 7.40. The first-order valence-corrected chi connectivity index (χ1v) is 8.19. The van der Waals surface area contributed by atoms with Gasteiger partial charge >= 0.3 is 0 Å². The van der Waals surface area contributed by atoms with Crippen molar-refractivity contribution in [3.63, 3.8) is 0 Å². The maximum absolute atomic E-state index is 3.67. The third kappa shape index (κ3) is 4.30. The highest BCUT2D eigenvalue weighted by Gasteiger charge is 2.17. The van der Waals surface area contributed by atoms with Crippen molar-refractivity contribution in [1.29, 1.82) is 0 Å². The summed E-state index contributed by atoms with van der Waals surface area (Å²) in [4.78, 5) is 2.61. The Hall–Kier alpha value is -0.380. The number of rotatable bonds is 5. The molecule has 19 heavy (non-hydrogen) atoms. The Labute approximate surface area is 125 Å². The lowest BCUT2D eigenvalue weighted by Gasteiger charge is -2.33. The lowest BCUT2D eigenvalue weighted by molar-refractivity contribution is 0.168. The predicted octanol–water partition coefficient (Wildman–Crippen LogP) is 3.97. The van der Waals surface area contributed by atoms with Crippen LogP contribution in [0, 0.1) is 0 Å². The molecule has 2 unspecified atom stereocenters. The van der Waals surface area contributed by atoms with E-state index in [1.54, 1.807) is 0 Å². The molecule has 0 aromatic heterocycles. The van der Waals surface area contributed by atoms with E-state index in [2.05, 4.69) is 64.3 Å². The zero-order valence-electron chi connectivity index (χ0n) is 12.0. The molecule has 0 bridgehead atoms. The average molecular weight is 325 g/mol. The fraction of sp³-hybridized carbons (Fsp3) is 0.625. The summed E-state index contributed by atoms with van der Waals surface area (Å²) in [6, 6.07) is 9.49. The van der Waals surface area contributed by atoms with Gasteiger partial charge in [-0.25, -0.2) is 0 Å². The van der Waals surface area contributed by atoms with E-state index in [1.807, 2.05) is 0 Å². The van der Waals surface area contributed by atoms with Gasteiger partial charge in [0.15, 0.2) is 0 Å². The van der Waals surface area contributed by atoms with Crippen LogP contribution in [0.1, 0.15) is 44.7 Å². The first kappa shape index (κ1) is 15.0. The minimum atomic E-state index is 0.391. The summed E-state index contributed by atoms with van der Waals surface area (Å²) >= 11 is 3.63. The third-order valence-electron chi connectivity index (χ3n) is 4.11. The van der Waals surface area contributed by atoms with Gasteiger partial charge in [-0.1, -0.05) is 40.5 Å². The second kappa shape index (κ2) is 7.41. The summed E-state index contributed by atoms with van der Waals surface area (Å²) in [7, 11) is 0. The predicted molar refractivity (Wildman–Crippen MR) is 85.4 cm³/mol. The molecule has 1 fully saturated rings. The lowest BCUT2D eigenvalue weighted by atomic mass is 10.1. The van der Waals surface area contributed by atoms with Crippen molar-refractivity contribution in [3.05, 3.63) is 34.3 Å². The zero-order valence-corrected chi connectivity index (χ0v) is 13.6. The molecule has 1 N–H and O–H groups in total. The number of nitrogens with zero attached hydrogens (tertiary/aromatic N) is 1. The number of benzene rings is 1. The van der Waals surface area contributed by atoms with Crippen molar-refractivity contribution in [2.45, 2.75) is 45.2 Å². The Morgan fingerprint density at radius 3 is 2.53 bits per heavy atom. The highest BCUT2D eigenvalue weighted by atomic mass is 79.9. The largest absolute Gasteiger partial charge is 0.309 e. The average Bonchev–Trinajstić information content (AvgIpc) is 2.46. The molecule has 0 aliphatic carbocycles. The Balaban J connectivity index is 1.82. The van der Waals surface area contributed by atoms with Crippen LogP contribution in [0.3, 0.4) is 0 Å². The third-order valence-corrected chi connectivity index (χ3v) is 4.83. The van der Waals surface area contributed by atoms with Crippen LogP contribution in [0.4, 0.5) is 0 Å². The summed E-state index contributed by atoms with van der Waals surface area (Å²) in [5.41, 5.74) is 1.34. The van der Waals surface area contributed by atoms with Gasteiger partial charge < -0.3 is 5.32 Å². The van der Waals surface area contributed by atoms with E-state index in [9.17, 15) is 0 Å². The van der Waals surface area contributed by atoms with E-state index in [0.29, 0.717) is 12.1 Å². The van der Waals surface area contributed by atoms with Gasteiger partial charge in [0.05, 0.1) is 0 Å². The van der Waals surface area contributed by atoms with Gasteiger partial charge in [-0.3, -0.25) is 4.90 Å². The van der Waals surface area contributed by atoms with E-state index < -0.39 is 0 Å². The summed E-state index contributed by atoms with van der Waals surface area (Å²) < 4.78 is 1.20. The van der Waals surface area contributed by atoms with Gasteiger partial charge in [0.1, 0.15) is 0 Å². The van der Waals surface area contributed by atoms with E-state index in [0.717, 1.165) is 6.54 Å². The molecule has 0 amide bonds. The SMILES string of the molecule is CC(NCC(C)N1CCCCC1)c1ccccc1Br. The van der Waals surface area contributed by atoms with E-state index in [1.165, 1.54) is 42.4 Å². The van der Waals surface area contributed by atoms with Gasteiger partial charge in [-0.05, 0) is 51.4 Å². The molecule has 1 saturated heterocycles. The van der Waals surface area contributed by atoms with Crippen LogP contribution < -0.4 is 5.32 Å². The van der Waals surface area contributed by atoms with Crippen molar-refractivity contribution in [2.75, 3.05) is 19.6 Å². The molecular weight excluding hydrogens is 300 g/mol. The number of hydrogen-bond acceptors (Lipinski definition) is 2. The number of nitrogens with one attached hydrogen (secondary N) is 1. The van der Waals surface area contributed by atoms with Crippen LogP contribution in [-0.4, -0.2) is 30.6 Å². The Morgan fingerprint density at radius 1 is 1.16 bits per heavy atom. The summed E-state index contributed by atoms with van der Waals surface area (Å²) in [6.07, 6.45) is 4.14. The molecular formula is C16H25BrN2. The highest BCUT2D eigenvalue weighted by molar-refractivity contribution is 9.10. The maximum atomic E-state index is 3.67. The van der Waals surface area contributed by atoms with Gasteiger partial charge in [0.2, 0.25) is 0 Å². The topological polar surface area (TPSA) is 15.3 Å². The molecule has 0 radical (unpaired) electrons. The molecule has 2 atom stereocenters. The lowest BCUT2D eigenvalue weighted by Crippen LogP contribution is -2.43. The molecule has 2 nitrogen and oxygen atoms in total. The standard InChI is InChI=1S/C16H25BrN2/c1-13(19-10-6-3-7-11-19)12-18-14(2)15-8-4-5-9-16(15)17/h4-5,8-9,13-14,18H,3,6-7,10-12H2,1-2H3. The van der Waals surface area contributed by atoms with Gasteiger partial charge in [0.25, 0.3) is 0 Å². The van der Waals surface area contributed by atoms with E-state index in [-0.39, 0.29) is 0 Å². The van der Waals surface area contributed by atoms with Crippen molar-refractivity contribution < 1.29 is 0 Å². The fourth-order valence-corrected chi connectivity index (χ4v) is 3.40. The van der Waals surface area contributed by atoms with Gasteiger partial charge in [-0.2, -0.15) is 0 Å². The molecule has 1 aromatic carbocycles. The van der Waals surface area contributed by atoms with Crippen LogP contribution in [0.15, 0.2) is 28.7 Å². The van der Waals surface area contributed by atoms with Crippen LogP contribution in [0.25, 0.3) is 0 Å². The normalized spacial score (nSPS) is 20.2. The number of hydrogen-bond donors (Lipinski definition) is 1. The highest BCUT2D eigenvalue weighted by Crippen LogP contribution is 2.22. The molecule has 1 heterocycles. The number of halogens is 1.